The number of nitrogens with zero attached hydrogens (tertiary/aromatic N) is 3. The number of likely N-dealkylation sites (tertiary alicyclic amines) is 1. The molecule has 0 saturated carbocycles. The number of hydrogen-bond acceptors (Lipinski definition) is 4. The SMILES string of the molecule is CNCCCC(=O)N1CCN(CC(=O)N2CCCCCC2)CC1. The average molecular weight is 324 g/mol. The molecule has 0 atom stereocenters. The van der Waals surface area contributed by atoms with Crippen molar-refractivity contribution in [2.75, 3.05) is 59.4 Å². The molecule has 0 spiro atoms. The summed E-state index contributed by atoms with van der Waals surface area (Å²) < 4.78 is 0. The first-order valence-corrected chi connectivity index (χ1v) is 9.13. The molecule has 2 aliphatic heterocycles. The third-order valence-electron chi connectivity index (χ3n) is 4.86. The third-order valence-corrected chi connectivity index (χ3v) is 4.86. The summed E-state index contributed by atoms with van der Waals surface area (Å²) >= 11 is 0. The van der Waals surface area contributed by atoms with E-state index >= 15 is 0 Å². The van der Waals surface area contributed by atoms with Crippen molar-refractivity contribution in [1.29, 1.82) is 0 Å². The highest BCUT2D eigenvalue weighted by molar-refractivity contribution is 5.78. The van der Waals surface area contributed by atoms with Crippen LogP contribution in [0.25, 0.3) is 0 Å². The van der Waals surface area contributed by atoms with Crippen LogP contribution in [0.15, 0.2) is 0 Å². The van der Waals surface area contributed by atoms with Crippen LogP contribution in [-0.2, 0) is 9.59 Å². The van der Waals surface area contributed by atoms with Gasteiger partial charge in [-0.1, -0.05) is 12.8 Å². The molecule has 0 bridgehead atoms. The number of carbonyl (C=O) groups excluding carboxylic acids is 2. The molecule has 23 heavy (non-hydrogen) atoms. The first-order valence-electron chi connectivity index (χ1n) is 9.13. The Morgan fingerprint density at radius 1 is 0.826 bits per heavy atom. The fourth-order valence-electron chi connectivity index (χ4n) is 3.34. The predicted molar refractivity (Wildman–Crippen MR) is 91.2 cm³/mol. The lowest BCUT2D eigenvalue weighted by atomic mass is 10.2. The highest BCUT2D eigenvalue weighted by Crippen LogP contribution is 2.11. The van der Waals surface area contributed by atoms with Crippen LogP contribution in [0.2, 0.25) is 0 Å². The lowest BCUT2D eigenvalue weighted by Crippen LogP contribution is -2.51. The monoisotopic (exact) mass is 324 g/mol. The van der Waals surface area contributed by atoms with Crippen molar-refractivity contribution in [3.63, 3.8) is 0 Å². The smallest absolute Gasteiger partial charge is 0.236 e. The highest BCUT2D eigenvalue weighted by atomic mass is 16.2. The van der Waals surface area contributed by atoms with E-state index in [0.717, 1.165) is 65.1 Å². The molecule has 0 radical (unpaired) electrons. The standard InChI is InChI=1S/C17H32N4O2/c1-18-8-6-7-16(22)21-13-11-19(12-14-21)15-17(23)20-9-4-2-3-5-10-20/h18H,2-15H2,1H3. The molecule has 2 aliphatic rings. The minimum absolute atomic E-state index is 0.249. The van der Waals surface area contributed by atoms with Gasteiger partial charge in [-0.3, -0.25) is 14.5 Å². The lowest BCUT2D eigenvalue weighted by Gasteiger charge is -2.35. The number of hydrogen-bond donors (Lipinski definition) is 1. The topological polar surface area (TPSA) is 55.9 Å². The first kappa shape index (κ1) is 18.2. The van der Waals surface area contributed by atoms with Crippen molar-refractivity contribution >= 4 is 11.8 Å². The van der Waals surface area contributed by atoms with E-state index in [1.54, 1.807) is 0 Å². The normalized spacial score (nSPS) is 20.4. The quantitative estimate of drug-likeness (QED) is 0.724. The maximum absolute atomic E-state index is 12.4. The summed E-state index contributed by atoms with van der Waals surface area (Å²) in [6.45, 7) is 6.38. The Labute approximate surface area is 140 Å². The molecule has 2 heterocycles. The van der Waals surface area contributed by atoms with Gasteiger partial charge in [-0.2, -0.15) is 0 Å². The van der Waals surface area contributed by atoms with Crippen LogP contribution in [0.3, 0.4) is 0 Å². The van der Waals surface area contributed by atoms with Crippen LogP contribution in [-0.4, -0.2) is 85.9 Å². The number of nitrogens with one attached hydrogen (secondary N) is 1. The summed E-state index contributed by atoms with van der Waals surface area (Å²) in [6.07, 6.45) is 6.29. The molecular formula is C17H32N4O2. The molecule has 2 amide bonds. The molecule has 132 valence electrons. The second-order valence-electron chi connectivity index (χ2n) is 6.66. The summed E-state index contributed by atoms with van der Waals surface area (Å²) in [5.41, 5.74) is 0. The van der Waals surface area contributed by atoms with Crippen molar-refractivity contribution in [2.45, 2.75) is 38.5 Å². The van der Waals surface area contributed by atoms with E-state index in [1.807, 2.05) is 16.8 Å². The average Bonchev–Trinajstić information content (AvgIpc) is 2.85. The molecule has 6 nitrogen and oxygen atoms in total. The molecule has 0 aromatic heterocycles. The maximum Gasteiger partial charge on any atom is 0.236 e. The molecule has 6 heteroatoms. The minimum Gasteiger partial charge on any atom is -0.342 e. The van der Waals surface area contributed by atoms with E-state index in [1.165, 1.54) is 12.8 Å². The van der Waals surface area contributed by atoms with Crippen LogP contribution >= 0.6 is 0 Å². The zero-order valence-electron chi connectivity index (χ0n) is 14.6. The van der Waals surface area contributed by atoms with Crippen LogP contribution in [0.4, 0.5) is 0 Å². The van der Waals surface area contributed by atoms with E-state index in [9.17, 15) is 9.59 Å². The van der Waals surface area contributed by atoms with Gasteiger partial charge in [-0.25, -0.2) is 0 Å². The van der Waals surface area contributed by atoms with Crippen LogP contribution < -0.4 is 5.32 Å². The van der Waals surface area contributed by atoms with Crippen molar-refractivity contribution in [1.82, 2.24) is 20.0 Å². The molecular weight excluding hydrogens is 292 g/mol. The Bertz CT molecular complexity index is 373. The molecule has 2 rings (SSSR count). The second-order valence-corrected chi connectivity index (χ2v) is 6.66. The summed E-state index contributed by atoms with van der Waals surface area (Å²) in [4.78, 5) is 30.7. The number of carbonyl (C=O) groups is 2. The van der Waals surface area contributed by atoms with Gasteiger partial charge < -0.3 is 15.1 Å². The molecule has 0 aliphatic carbocycles. The van der Waals surface area contributed by atoms with E-state index in [2.05, 4.69) is 10.2 Å². The Morgan fingerprint density at radius 2 is 1.43 bits per heavy atom. The zero-order valence-corrected chi connectivity index (χ0v) is 14.6. The van der Waals surface area contributed by atoms with E-state index in [4.69, 9.17) is 0 Å². The van der Waals surface area contributed by atoms with Crippen molar-refractivity contribution in [3.05, 3.63) is 0 Å². The van der Waals surface area contributed by atoms with Crippen molar-refractivity contribution < 1.29 is 9.59 Å². The van der Waals surface area contributed by atoms with E-state index in [-0.39, 0.29) is 11.8 Å². The molecule has 1 N–H and O–H groups in total. The van der Waals surface area contributed by atoms with Gasteiger partial charge >= 0.3 is 0 Å². The van der Waals surface area contributed by atoms with Gasteiger partial charge in [0.25, 0.3) is 0 Å². The number of rotatable bonds is 6. The summed E-state index contributed by atoms with van der Waals surface area (Å²) in [7, 11) is 1.91. The predicted octanol–water partition coefficient (Wildman–Crippen LogP) is 0.533. The van der Waals surface area contributed by atoms with E-state index < -0.39 is 0 Å². The van der Waals surface area contributed by atoms with Crippen molar-refractivity contribution in [3.8, 4) is 0 Å². The van der Waals surface area contributed by atoms with Crippen LogP contribution in [0.1, 0.15) is 38.5 Å². The van der Waals surface area contributed by atoms with Crippen LogP contribution in [0.5, 0.6) is 0 Å². The van der Waals surface area contributed by atoms with Gasteiger partial charge in [0.1, 0.15) is 0 Å². The first-order chi connectivity index (χ1) is 11.2. The highest BCUT2D eigenvalue weighted by Gasteiger charge is 2.24. The number of amides is 2. The van der Waals surface area contributed by atoms with Gasteiger partial charge in [0.15, 0.2) is 0 Å². The van der Waals surface area contributed by atoms with Gasteiger partial charge in [-0.15, -0.1) is 0 Å². The summed E-state index contributed by atoms with van der Waals surface area (Å²) in [6, 6.07) is 0. The summed E-state index contributed by atoms with van der Waals surface area (Å²) in [5.74, 6) is 0.513. The van der Waals surface area contributed by atoms with Gasteiger partial charge in [0.05, 0.1) is 6.54 Å². The van der Waals surface area contributed by atoms with Gasteiger partial charge in [0, 0.05) is 45.7 Å². The second kappa shape index (κ2) is 9.88. The Morgan fingerprint density at radius 3 is 2.04 bits per heavy atom. The fourth-order valence-corrected chi connectivity index (χ4v) is 3.34. The van der Waals surface area contributed by atoms with Gasteiger partial charge in [-0.05, 0) is 32.9 Å². The van der Waals surface area contributed by atoms with Crippen LogP contribution in [0, 0.1) is 0 Å². The van der Waals surface area contributed by atoms with Gasteiger partial charge in [0.2, 0.25) is 11.8 Å². The Balaban J connectivity index is 1.67. The molecule has 0 unspecified atom stereocenters. The fraction of sp³-hybridized carbons (Fsp3) is 0.882. The third kappa shape index (κ3) is 6.11. The lowest BCUT2D eigenvalue weighted by molar-refractivity contribution is -0.135. The molecule has 0 aromatic carbocycles. The minimum atomic E-state index is 0.249. The Hall–Kier alpha value is -1.14. The van der Waals surface area contributed by atoms with E-state index in [0.29, 0.717) is 13.0 Å². The molecule has 0 aromatic rings. The maximum atomic E-state index is 12.4. The molecule has 2 fully saturated rings. The largest absolute Gasteiger partial charge is 0.342 e. The van der Waals surface area contributed by atoms with Crippen molar-refractivity contribution in [2.24, 2.45) is 0 Å². The Kier molecular flexibility index (Phi) is 7.82. The zero-order chi connectivity index (χ0) is 16.5. The molecule has 2 saturated heterocycles. The number of piperazine rings is 1. The summed E-state index contributed by atoms with van der Waals surface area (Å²) in [5, 5.41) is 3.07.